The molecule has 32 heavy (non-hydrogen) atoms. The molecule has 0 saturated carbocycles. The van der Waals surface area contributed by atoms with Crippen molar-refractivity contribution in [1.82, 2.24) is 10.2 Å². The number of likely N-dealkylation sites (N-methyl/N-ethyl adjacent to an activating group) is 1. The Morgan fingerprint density at radius 3 is 2.22 bits per heavy atom. The molecule has 3 aromatic carbocycles. The standard InChI is InChI=1S/C25H23Cl3N2O2/c1-29-25(32)23(14-17-6-3-2-4-7-17)30(16-19-10-11-21(27)22(28)13-19)24(31)15-18-8-5-9-20(26)12-18/h2-13,23H,14-16H2,1H3,(H,29,32). The van der Waals surface area contributed by atoms with Crippen LogP contribution in [0.25, 0.3) is 0 Å². The van der Waals surface area contributed by atoms with Crippen molar-refractivity contribution in [1.29, 1.82) is 0 Å². The Hall–Kier alpha value is -2.53. The van der Waals surface area contributed by atoms with Gasteiger partial charge in [0.2, 0.25) is 11.8 Å². The molecule has 0 aromatic heterocycles. The molecule has 0 bridgehead atoms. The van der Waals surface area contributed by atoms with E-state index in [9.17, 15) is 9.59 Å². The van der Waals surface area contributed by atoms with E-state index >= 15 is 0 Å². The largest absolute Gasteiger partial charge is 0.357 e. The molecule has 0 saturated heterocycles. The third kappa shape index (κ3) is 6.49. The topological polar surface area (TPSA) is 49.4 Å². The van der Waals surface area contributed by atoms with Crippen molar-refractivity contribution in [3.8, 4) is 0 Å². The highest BCUT2D eigenvalue weighted by Crippen LogP contribution is 2.25. The zero-order chi connectivity index (χ0) is 23.1. The molecular formula is C25H23Cl3N2O2. The van der Waals surface area contributed by atoms with Crippen molar-refractivity contribution in [3.05, 3.63) is 105 Å². The molecule has 3 rings (SSSR count). The Morgan fingerprint density at radius 1 is 0.844 bits per heavy atom. The van der Waals surface area contributed by atoms with Crippen molar-refractivity contribution in [2.45, 2.75) is 25.4 Å². The number of halogens is 3. The summed E-state index contributed by atoms with van der Waals surface area (Å²) in [5, 5.41) is 4.08. The maximum atomic E-state index is 13.5. The lowest BCUT2D eigenvalue weighted by Crippen LogP contribution is -2.50. The van der Waals surface area contributed by atoms with Crippen LogP contribution in [0.1, 0.15) is 16.7 Å². The van der Waals surface area contributed by atoms with Gasteiger partial charge in [0, 0.05) is 25.0 Å². The molecule has 1 N–H and O–H groups in total. The summed E-state index contributed by atoms with van der Waals surface area (Å²) < 4.78 is 0. The monoisotopic (exact) mass is 488 g/mol. The summed E-state index contributed by atoms with van der Waals surface area (Å²) in [4.78, 5) is 28.0. The number of carbonyl (C=O) groups excluding carboxylic acids is 2. The number of benzene rings is 3. The third-order valence-electron chi connectivity index (χ3n) is 5.10. The molecule has 4 nitrogen and oxygen atoms in total. The molecule has 1 unspecified atom stereocenters. The number of hydrogen-bond acceptors (Lipinski definition) is 2. The Kier molecular flexibility index (Phi) is 8.57. The molecule has 0 radical (unpaired) electrons. The fourth-order valence-electron chi connectivity index (χ4n) is 3.48. The number of carbonyl (C=O) groups is 2. The number of rotatable bonds is 8. The van der Waals surface area contributed by atoms with Crippen molar-refractivity contribution >= 4 is 46.6 Å². The van der Waals surface area contributed by atoms with E-state index in [1.54, 1.807) is 48.3 Å². The van der Waals surface area contributed by atoms with E-state index in [-0.39, 0.29) is 24.8 Å². The van der Waals surface area contributed by atoms with E-state index in [0.717, 1.165) is 16.7 Å². The minimum Gasteiger partial charge on any atom is -0.357 e. The van der Waals surface area contributed by atoms with E-state index in [0.29, 0.717) is 21.5 Å². The van der Waals surface area contributed by atoms with Gasteiger partial charge in [0.15, 0.2) is 0 Å². The van der Waals surface area contributed by atoms with Crippen molar-refractivity contribution in [2.75, 3.05) is 7.05 Å². The van der Waals surface area contributed by atoms with Gasteiger partial charge in [-0.15, -0.1) is 0 Å². The SMILES string of the molecule is CNC(=O)C(Cc1ccccc1)N(Cc1ccc(Cl)c(Cl)c1)C(=O)Cc1cccc(Cl)c1. The van der Waals surface area contributed by atoms with E-state index in [1.165, 1.54) is 0 Å². The van der Waals surface area contributed by atoms with E-state index < -0.39 is 6.04 Å². The fourth-order valence-corrected chi connectivity index (χ4v) is 4.01. The van der Waals surface area contributed by atoms with Gasteiger partial charge in [-0.3, -0.25) is 9.59 Å². The summed E-state index contributed by atoms with van der Waals surface area (Å²) in [7, 11) is 1.57. The third-order valence-corrected chi connectivity index (χ3v) is 6.07. The van der Waals surface area contributed by atoms with Crippen LogP contribution in [-0.2, 0) is 29.0 Å². The Labute approximate surface area is 203 Å². The average molecular weight is 490 g/mol. The highest BCUT2D eigenvalue weighted by Gasteiger charge is 2.30. The van der Waals surface area contributed by atoms with Gasteiger partial charge in [-0.1, -0.05) is 83.3 Å². The maximum absolute atomic E-state index is 13.5. The van der Waals surface area contributed by atoms with Gasteiger partial charge in [0.25, 0.3) is 0 Å². The predicted molar refractivity (Wildman–Crippen MR) is 130 cm³/mol. The zero-order valence-corrected chi connectivity index (χ0v) is 19.8. The van der Waals surface area contributed by atoms with E-state index in [4.69, 9.17) is 34.8 Å². The molecule has 1 atom stereocenters. The summed E-state index contributed by atoms with van der Waals surface area (Å²) in [5.74, 6) is -0.434. The maximum Gasteiger partial charge on any atom is 0.242 e. The fraction of sp³-hybridized carbons (Fsp3) is 0.200. The van der Waals surface area contributed by atoms with Crippen LogP contribution in [0, 0.1) is 0 Å². The van der Waals surface area contributed by atoms with Crippen LogP contribution >= 0.6 is 34.8 Å². The second kappa shape index (κ2) is 11.4. The molecule has 0 spiro atoms. The number of nitrogens with one attached hydrogen (secondary N) is 1. The van der Waals surface area contributed by atoms with Gasteiger partial charge < -0.3 is 10.2 Å². The lowest BCUT2D eigenvalue weighted by atomic mass is 10.0. The number of hydrogen-bond donors (Lipinski definition) is 1. The normalized spacial score (nSPS) is 11.6. The molecule has 7 heteroatoms. The zero-order valence-electron chi connectivity index (χ0n) is 17.5. The van der Waals surface area contributed by atoms with Gasteiger partial charge in [-0.25, -0.2) is 0 Å². The molecule has 0 aliphatic rings. The van der Waals surface area contributed by atoms with Gasteiger partial charge in [0.05, 0.1) is 16.5 Å². The Bertz CT molecular complexity index is 1090. The highest BCUT2D eigenvalue weighted by atomic mass is 35.5. The second-order valence-electron chi connectivity index (χ2n) is 7.40. The second-order valence-corrected chi connectivity index (χ2v) is 8.65. The first-order valence-electron chi connectivity index (χ1n) is 10.1. The van der Waals surface area contributed by atoms with Crippen molar-refractivity contribution in [2.24, 2.45) is 0 Å². The Balaban J connectivity index is 1.96. The minimum absolute atomic E-state index is 0.115. The number of amides is 2. The highest BCUT2D eigenvalue weighted by molar-refractivity contribution is 6.42. The molecule has 3 aromatic rings. The first kappa shape index (κ1) is 24.1. The van der Waals surface area contributed by atoms with Crippen LogP contribution in [0.4, 0.5) is 0 Å². The van der Waals surface area contributed by atoms with Crippen LogP contribution in [0.15, 0.2) is 72.8 Å². The van der Waals surface area contributed by atoms with Gasteiger partial charge >= 0.3 is 0 Å². The van der Waals surface area contributed by atoms with Gasteiger partial charge in [-0.2, -0.15) is 0 Å². The lowest BCUT2D eigenvalue weighted by molar-refractivity contribution is -0.140. The molecule has 0 aliphatic carbocycles. The molecule has 0 heterocycles. The van der Waals surface area contributed by atoms with Crippen LogP contribution < -0.4 is 5.32 Å². The molecule has 0 fully saturated rings. The summed E-state index contributed by atoms with van der Waals surface area (Å²) in [6.45, 7) is 0.210. The van der Waals surface area contributed by atoms with Gasteiger partial charge in [-0.05, 0) is 41.0 Å². The first-order valence-corrected chi connectivity index (χ1v) is 11.2. The van der Waals surface area contributed by atoms with Crippen LogP contribution in [-0.4, -0.2) is 29.8 Å². The van der Waals surface area contributed by atoms with Crippen LogP contribution in [0.2, 0.25) is 15.1 Å². The Morgan fingerprint density at radius 2 is 1.56 bits per heavy atom. The van der Waals surface area contributed by atoms with Crippen LogP contribution in [0.5, 0.6) is 0 Å². The average Bonchev–Trinajstić information content (AvgIpc) is 2.78. The van der Waals surface area contributed by atoms with Crippen LogP contribution in [0.3, 0.4) is 0 Å². The molecule has 166 valence electrons. The quantitative estimate of drug-likeness (QED) is 0.449. The number of nitrogens with zero attached hydrogens (tertiary/aromatic N) is 1. The summed E-state index contributed by atoms with van der Waals surface area (Å²) in [6, 6.07) is 21.3. The summed E-state index contributed by atoms with van der Waals surface area (Å²) in [5.41, 5.74) is 2.51. The molecule has 0 aliphatic heterocycles. The van der Waals surface area contributed by atoms with Gasteiger partial charge in [0.1, 0.15) is 6.04 Å². The van der Waals surface area contributed by atoms with Crippen molar-refractivity contribution < 1.29 is 9.59 Å². The molecule has 2 amide bonds. The predicted octanol–water partition coefficient (Wildman–Crippen LogP) is 5.58. The van der Waals surface area contributed by atoms with E-state index in [1.807, 2.05) is 36.4 Å². The molecular weight excluding hydrogens is 467 g/mol. The smallest absolute Gasteiger partial charge is 0.242 e. The minimum atomic E-state index is -0.705. The van der Waals surface area contributed by atoms with Crippen molar-refractivity contribution in [3.63, 3.8) is 0 Å². The lowest BCUT2D eigenvalue weighted by Gasteiger charge is -2.31. The summed E-state index contributed by atoms with van der Waals surface area (Å²) >= 11 is 18.3. The summed E-state index contributed by atoms with van der Waals surface area (Å²) in [6.07, 6.45) is 0.493. The van der Waals surface area contributed by atoms with E-state index in [2.05, 4.69) is 5.32 Å². The first-order chi connectivity index (χ1) is 15.4.